The minimum Gasteiger partial charge on any atom is -0.493 e. The van der Waals surface area contributed by atoms with E-state index in [1.807, 2.05) is 6.92 Å². The van der Waals surface area contributed by atoms with Gasteiger partial charge in [0.15, 0.2) is 0 Å². The van der Waals surface area contributed by atoms with E-state index in [9.17, 15) is 4.79 Å². The van der Waals surface area contributed by atoms with Crippen molar-refractivity contribution in [1.82, 2.24) is 5.32 Å². The lowest BCUT2D eigenvalue weighted by molar-refractivity contribution is -0.121. The van der Waals surface area contributed by atoms with Gasteiger partial charge in [-0.3, -0.25) is 4.79 Å². The van der Waals surface area contributed by atoms with Gasteiger partial charge in [-0.1, -0.05) is 11.6 Å². The Kier molecular flexibility index (Phi) is 5.25. The molecule has 0 aliphatic carbocycles. The molecular weight excluding hydrogens is 240 g/mol. The molecular formula is C12H17ClN2O2. The summed E-state index contributed by atoms with van der Waals surface area (Å²) in [5.74, 6) is 0.620. The van der Waals surface area contributed by atoms with Gasteiger partial charge in [0, 0.05) is 23.7 Å². The van der Waals surface area contributed by atoms with Gasteiger partial charge in [0.05, 0.1) is 13.0 Å². The van der Waals surface area contributed by atoms with Crippen molar-refractivity contribution < 1.29 is 9.53 Å². The Balaban J connectivity index is 2.67. The number of hydrogen-bond acceptors (Lipinski definition) is 3. The second-order valence-electron chi connectivity index (χ2n) is 3.74. The number of hydrogen-bond donors (Lipinski definition) is 2. The Labute approximate surface area is 106 Å². The molecule has 0 aliphatic heterocycles. The molecule has 3 N–H and O–H groups in total. The molecule has 5 heteroatoms. The molecule has 1 amide bonds. The monoisotopic (exact) mass is 256 g/mol. The van der Waals surface area contributed by atoms with Crippen LogP contribution in [0.25, 0.3) is 0 Å². The van der Waals surface area contributed by atoms with Gasteiger partial charge < -0.3 is 15.8 Å². The Hall–Kier alpha value is -1.26. The summed E-state index contributed by atoms with van der Waals surface area (Å²) in [5, 5.41) is 3.15. The van der Waals surface area contributed by atoms with E-state index < -0.39 is 0 Å². The smallest absolute Gasteiger partial charge is 0.223 e. The number of carbonyl (C=O) groups excluding carboxylic acids is 1. The van der Waals surface area contributed by atoms with E-state index in [-0.39, 0.29) is 11.9 Å². The molecule has 4 nitrogen and oxygen atoms in total. The molecule has 0 aromatic heterocycles. The van der Waals surface area contributed by atoms with Crippen LogP contribution < -0.4 is 15.8 Å². The van der Waals surface area contributed by atoms with Gasteiger partial charge >= 0.3 is 0 Å². The number of amides is 1. The number of benzene rings is 1. The molecule has 94 valence electrons. The molecule has 1 atom stereocenters. The molecule has 1 unspecified atom stereocenters. The number of ether oxygens (including phenoxy) is 1. The van der Waals surface area contributed by atoms with Crippen molar-refractivity contribution in [3.63, 3.8) is 0 Å². The van der Waals surface area contributed by atoms with Crippen molar-refractivity contribution in [2.75, 3.05) is 13.7 Å². The first-order chi connectivity index (χ1) is 8.04. The maximum absolute atomic E-state index is 11.0. The van der Waals surface area contributed by atoms with Crippen LogP contribution in [0.3, 0.4) is 0 Å². The third-order valence-electron chi connectivity index (χ3n) is 2.33. The third-order valence-corrected chi connectivity index (χ3v) is 2.56. The van der Waals surface area contributed by atoms with Gasteiger partial charge in [-0.25, -0.2) is 0 Å². The topological polar surface area (TPSA) is 64.3 Å². The molecule has 0 aliphatic rings. The number of nitrogens with one attached hydrogen (secondary N) is 1. The maximum atomic E-state index is 11.0. The Bertz CT molecular complexity index is 394. The van der Waals surface area contributed by atoms with Gasteiger partial charge in [-0.05, 0) is 25.1 Å². The largest absolute Gasteiger partial charge is 0.493 e. The molecule has 0 fully saturated rings. The summed E-state index contributed by atoms with van der Waals surface area (Å²) in [6.07, 6.45) is 0.317. The standard InChI is InChI=1S/C12H17ClN2O2/c1-8(14)10-7-9(13)3-4-11(10)17-6-5-12(16)15-2/h3-4,7-8H,5-6,14H2,1-2H3,(H,15,16). The Morgan fingerprint density at radius 1 is 1.59 bits per heavy atom. The molecule has 17 heavy (non-hydrogen) atoms. The highest BCUT2D eigenvalue weighted by molar-refractivity contribution is 6.30. The van der Waals surface area contributed by atoms with E-state index in [2.05, 4.69) is 5.32 Å². The summed E-state index contributed by atoms with van der Waals surface area (Å²) < 4.78 is 5.53. The molecule has 0 heterocycles. The average molecular weight is 257 g/mol. The average Bonchev–Trinajstić information content (AvgIpc) is 2.30. The third kappa shape index (κ3) is 4.24. The molecule has 0 saturated heterocycles. The van der Waals surface area contributed by atoms with Crippen molar-refractivity contribution in [2.45, 2.75) is 19.4 Å². The maximum Gasteiger partial charge on any atom is 0.223 e. The predicted molar refractivity (Wildman–Crippen MR) is 68.2 cm³/mol. The fraction of sp³-hybridized carbons (Fsp3) is 0.417. The van der Waals surface area contributed by atoms with E-state index >= 15 is 0 Å². The highest BCUT2D eigenvalue weighted by atomic mass is 35.5. The van der Waals surface area contributed by atoms with Crippen LogP contribution in [-0.4, -0.2) is 19.6 Å². The summed E-state index contributed by atoms with van der Waals surface area (Å²) in [4.78, 5) is 11.0. The summed E-state index contributed by atoms with van der Waals surface area (Å²) in [7, 11) is 1.60. The second-order valence-corrected chi connectivity index (χ2v) is 4.18. The number of halogens is 1. The first-order valence-electron chi connectivity index (χ1n) is 5.43. The Morgan fingerprint density at radius 3 is 2.88 bits per heavy atom. The van der Waals surface area contributed by atoms with Crippen LogP contribution >= 0.6 is 11.6 Å². The molecule has 0 saturated carbocycles. The van der Waals surface area contributed by atoms with E-state index in [1.54, 1.807) is 25.2 Å². The van der Waals surface area contributed by atoms with Crippen molar-refractivity contribution >= 4 is 17.5 Å². The summed E-state index contributed by atoms with van der Waals surface area (Å²) in [6, 6.07) is 5.12. The van der Waals surface area contributed by atoms with Crippen LogP contribution in [0.2, 0.25) is 5.02 Å². The van der Waals surface area contributed by atoms with E-state index in [0.717, 1.165) is 5.56 Å². The summed E-state index contributed by atoms with van der Waals surface area (Å²) >= 11 is 5.89. The van der Waals surface area contributed by atoms with Crippen LogP contribution in [0, 0.1) is 0 Å². The van der Waals surface area contributed by atoms with Crippen LogP contribution in [0.4, 0.5) is 0 Å². The van der Waals surface area contributed by atoms with Gasteiger partial charge in [0.2, 0.25) is 5.91 Å². The molecule has 0 spiro atoms. The van der Waals surface area contributed by atoms with Crippen LogP contribution in [0.1, 0.15) is 24.9 Å². The van der Waals surface area contributed by atoms with Crippen LogP contribution in [-0.2, 0) is 4.79 Å². The predicted octanol–water partition coefficient (Wildman–Crippen LogP) is 1.87. The highest BCUT2D eigenvalue weighted by Gasteiger charge is 2.09. The Morgan fingerprint density at radius 2 is 2.29 bits per heavy atom. The van der Waals surface area contributed by atoms with Crippen molar-refractivity contribution in [3.8, 4) is 5.75 Å². The molecule has 0 radical (unpaired) electrons. The van der Waals surface area contributed by atoms with E-state index in [1.165, 1.54) is 0 Å². The molecule has 0 bridgehead atoms. The minimum atomic E-state index is -0.163. The number of nitrogens with two attached hydrogens (primary N) is 1. The lowest BCUT2D eigenvalue weighted by atomic mass is 10.1. The van der Waals surface area contributed by atoms with Crippen LogP contribution in [0.15, 0.2) is 18.2 Å². The molecule has 1 aromatic carbocycles. The van der Waals surface area contributed by atoms with E-state index in [4.69, 9.17) is 22.1 Å². The van der Waals surface area contributed by atoms with Crippen molar-refractivity contribution in [2.24, 2.45) is 5.73 Å². The first-order valence-corrected chi connectivity index (χ1v) is 5.80. The fourth-order valence-electron chi connectivity index (χ4n) is 1.39. The quantitative estimate of drug-likeness (QED) is 0.845. The minimum absolute atomic E-state index is 0.0543. The lowest BCUT2D eigenvalue weighted by Crippen LogP contribution is -2.20. The van der Waals surface area contributed by atoms with Crippen molar-refractivity contribution in [3.05, 3.63) is 28.8 Å². The van der Waals surface area contributed by atoms with Gasteiger partial charge in [-0.15, -0.1) is 0 Å². The van der Waals surface area contributed by atoms with Gasteiger partial charge in [0.1, 0.15) is 5.75 Å². The fourth-order valence-corrected chi connectivity index (χ4v) is 1.57. The summed E-state index contributed by atoms with van der Waals surface area (Å²) in [6.45, 7) is 2.18. The van der Waals surface area contributed by atoms with E-state index in [0.29, 0.717) is 23.8 Å². The van der Waals surface area contributed by atoms with Gasteiger partial charge in [-0.2, -0.15) is 0 Å². The number of carbonyl (C=O) groups is 1. The summed E-state index contributed by atoms with van der Waals surface area (Å²) in [5.41, 5.74) is 6.67. The molecule has 1 aromatic rings. The zero-order valence-corrected chi connectivity index (χ0v) is 10.8. The van der Waals surface area contributed by atoms with Crippen molar-refractivity contribution in [1.29, 1.82) is 0 Å². The normalized spacial score (nSPS) is 12.0. The molecule has 1 rings (SSSR count). The zero-order valence-electron chi connectivity index (χ0n) is 10.00. The first kappa shape index (κ1) is 13.8. The zero-order chi connectivity index (χ0) is 12.8. The second kappa shape index (κ2) is 6.47. The highest BCUT2D eigenvalue weighted by Crippen LogP contribution is 2.27. The SMILES string of the molecule is CNC(=O)CCOc1ccc(Cl)cc1C(C)N. The van der Waals surface area contributed by atoms with Crippen LogP contribution in [0.5, 0.6) is 5.75 Å². The van der Waals surface area contributed by atoms with Gasteiger partial charge in [0.25, 0.3) is 0 Å². The number of rotatable bonds is 5. The lowest BCUT2D eigenvalue weighted by Gasteiger charge is -2.14.